The average molecular weight is 249 g/mol. The molecule has 1 atom stereocenters. The van der Waals surface area contributed by atoms with Crippen molar-refractivity contribution in [3.8, 4) is 0 Å². The average Bonchev–Trinajstić information content (AvgIpc) is 2.74. The lowest BCUT2D eigenvalue weighted by Gasteiger charge is -2.19. The fourth-order valence-corrected chi connectivity index (χ4v) is 1.90. The van der Waals surface area contributed by atoms with Crippen molar-refractivity contribution >= 4 is 16.9 Å². The molecule has 0 aliphatic heterocycles. The number of hydrogen-bond acceptors (Lipinski definition) is 5. The summed E-state index contributed by atoms with van der Waals surface area (Å²) in [5.74, 6) is 0.828. The lowest BCUT2D eigenvalue weighted by Crippen LogP contribution is -2.36. The van der Waals surface area contributed by atoms with Crippen LogP contribution in [-0.2, 0) is 6.54 Å². The number of aliphatic hydroxyl groups excluding tert-OH is 1. The van der Waals surface area contributed by atoms with Crippen LogP contribution in [0.15, 0.2) is 12.5 Å². The predicted octanol–water partition coefficient (Wildman–Crippen LogP) is 0.647. The van der Waals surface area contributed by atoms with Crippen LogP contribution in [-0.4, -0.2) is 32.7 Å². The third-order valence-corrected chi connectivity index (χ3v) is 3.13. The van der Waals surface area contributed by atoms with E-state index in [1.54, 1.807) is 0 Å². The van der Waals surface area contributed by atoms with E-state index >= 15 is 0 Å². The van der Waals surface area contributed by atoms with Crippen LogP contribution >= 0.6 is 0 Å². The maximum atomic E-state index is 9.27. The van der Waals surface area contributed by atoms with Crippen molar-refractivity contribution in [3.05, 3.63) is 18.1 Å². The van der Waals surface area contributed by atoms with Crippen molar-refractivity contribution in [1.82, 2.24) is 20.3 Å². The zero-order valence-electron chi connectivity index (χ0n) is 10.6. The van der Waals surface area contributed by atoms with E-state index in [1.807, 2.05) is 6.20 Å². The molecule has 2 heterocycles. The van der Waals surface area contributed by atoms with Crippen molar-refractivity contribution in [3.63, 3.8) is 0 Å². The van der Waals surface area contributed by atoms with Gasteiger partial charge < -0.3 is 21.1 Å². The normalized spacial score (nSPS) is 13.3. The highest BCUT2D eigenvalue weighted by atomic mass is 16.3. The van der Waals surface area contributed by atoms with Crippen molar-refractivity contribution < 1.29 is 5.11 Å². The molecule has 0 aromatic carbocycles. The number of nitrogens with two attached hydrogens (primary N) is 1. The lowest BCUT2D eigenvalue weighted by molar-refractivity contribution is 0.210. The van der Waals surface area contributed by atoms with E-state index < -0.39 is 0 Å². The van der Waals surface area contributed by atoms with Crippen LogP contribution in [0, 0.1) is 5.92 Å². The molecule has 1 unspecified atom stereocenters. The van der Waals surface area contributed by atoms with Crippen molar-refractivity contribution in [1.29, 1.82) is 0 Å². The molecule has 0 radical (unpaired) electrons. The third kappa shape index (κ3) is 2.44. The summed E-state index contributed by atoms with van der Waals surface area (Å²) >= 11 is 0. The fraction of sp³-hybridized carbons (Fsp3) is 0.500. The molecule has 0 aliphatic carbocycles. The maximum absolute atomic E-state index is 9.27. The number of rotatable bonds is 5. The molecule has 0 amide bonds. The van der Waals surface area contributed by atoms with Crippen LogP contribution in [0.3, 0.4) is 0 Å². The first-order valence-electron chi connectivity index (χ1n) is 6.04. The molecule has 6 nitrogen and oxygen atoms in total. The minimum absolute atomic E-state index is 0.0779. The highest BCUT2D eigenvalue weighted by Gasteiger charge is 2.13. The van der Waals surface area contributed by atoms with Gasteiger partial charge in [-0.05, 0) is 5.92 Å². The van der Waals surface area contributed by atoms with Gasteiger partial charge in [0.2, 0.25) is 0 Å². The summed E-state index contributed by atoms with van der Waals surface area (Å²) in [6, 6.07) is 0.0779. The topological polar surface area (TPSA) is 99.8 Å². The van der Waals surface area contributed by atoms with Gasteiger partial charge in [-0.3, -0.25) is 0 Å². The number of aromatic nitrogens is 3. The highest BCUT2D eigenvalue weighted by molar-refractivity contribution is 5.86. The maximum Gasteiger partial charge on any atom is 0.151 e. The molecule has 98 valence electrons. The van der Waals surface area contributed by atoms with Gasteiger partial charge >= 0.3 is 0 Å². The van der Waals surface area contributed by atoms with Crippen LogP contribution in [0.4, 0.5) is 5.82 Å². The van der Waals surface area contributed by atoms with Crippen LogP contribution in [0.25, 0.3) is 11.0 Å². The fourth-order valence-electron chi connectivity index (χ4n) is 1.90. The van der Waals surface area contributed by atoms with E-state index in [4.69, 9.17) is 5.73 Å². The van der Waals surface area contributed by atoms with Crippen LogP contribution in [0.5, 0.6) is 0 Å². The second-order valence-corrected chi connectivity index (χ2v) is 4.71. The molecule has 0 fully saturated rings. The monoisotopic (exact) mass is 249 g/mol. The van der Waals surface area contributed by atoms with Gasteiger partial charge in [0.15, 0.2) is 5.82 Å². The molecule has 0 saturated carbocycles. The lowest BCUT2D eigenvalue weighted by atomic mass is 10.1. The summed E-state index contributed by atoms with van der Waals surface area (Å²) in [4.78, 5) is 11.2. The number of nitrogens with one attached hydrogen (secondary N) is 2. The number of aromatic amines is 1. The van der Waals surface area contributed by atoms with Crippen molar-refractivity contribution in [2.45, 2.75) is 26.4 Å². The Morgan fingerprint density at radius 3 is 2.89 bits per heavy atom. The number of aliphatic hydroxyl groups is 1. The molecule has 0 bridgehead atoms. The second-order valence-electron chi connectivity index (χ2n) is 4.71. The molecular weight excluding hydrogens is 230 g/mol. The minimum atomic E-state index is 0.0779. The Balaban J connectivity index is 2.15. The summed E-state index contributed by atoms with van der Waals surface area (Å²) < 4.78 is 0. The summed E-state index contributed by atoms with van der Waals surface area (Å²) in [5.41, 5.74) is 8.38. The van der Waals surface area contributed by atoms with Gasteiger partial charge in [-0.1, -0.05) is 13.8 Å². The molecule has 2 rings (SSSR count). The Morgan fingerprint density at radius 1 is 1.44 bits per heavy atom. The van der Waals surface area contributed by atoms with E-state index in [2.05, 4.69) is 34.1 Å². The zero-order chi connectivity index (χ0) is 13.1. The van der Waals surface area contributed by atoms with E-state index in [0.717, 1.165) is 16.6 Å². The molecule has 0 saturated heterocycles. The van der Waals surface area contributed by atoms with Crippen molar-refractivity contribution in [2.75, 3.05) is 12.3 Å². The Kier molecular flexibility index (Phi) is 3.78. The van der Waals surface area contributed by atoms with E-state index in [1.165, 1.54) is 6.33 Å². The minimum Gasteiger partial charge on any atom is -0.395 e. The van der Waals surface area contributed by atoms with Crippen LogP contribution < -0.4 is 11.1 Å². The van der Waals surface area contributed by atoms with Gasteiger partial charge in [0.1, 0.15) is 11.8 Å². The van der Waals surface area contributed by atoms with Gasteiger partial charge in [0, 0.05) is 24.3 Å². The standard InChI is InChI=1S/C12H19N5O/c1-7(2)9(5-18)14-3-8-4-15-11-10(8)16-6-17-12(11)13/h4,6-7,9,14-15,18H,3,5H2,1-2H3,(H2,13,16,17). The van der Waals surface area contributed by atoms with Gasteiger partial charge in [-0.25, -0.2) is 9.97 Å². The van der Waals surface area contributed by atoms with Gasteiger partial charge in [0.05, 0.1) is 12.1 Å². The second kappa shape index (κ2) is 5.32. The third-order valence-electron chi connectivity index (χ3n) is 3.13. The Hall–Kier alpha value is -1.66. The zero-order valence-corrected chi connectivity index (χ0v) is 10.6. The number of nitrogen functional groups attached to an aromatic ring is 1. The Bertz CT molecular complexity index is 522. The summed E-state index contributed by atoms with van der Waals surface area (Å²) in [6.07, 6.45) is 3.33. The molecule has 5 N–H and O–H groups in total. The highest BCUT2D eigenvalue weighted by Crippen LogP contribution is 2.19. The van der Waals surface area contributed by atoms with Crippen LogP contribution in [0.2, 0.25) is 0 Å². The molecule has 0 aliphatic rings. The summed E-state index contributed by atoms with van der Waals surface area (Å²) in [7, 11) is 0. The summed E-state index contributed by atoms with van der Waals surface area (Å²) in [6.45, 7) is 4.91. The van der Waals surface area contributed by atoms with Gasteiger partial charge in [-0.15, -0.1) is 0 Å². The number of anilines is 1. The first-order chi connectivity index (χ1) is 8.63. The van der Waals surface area contributed by atoms with Gasteiger partial charge in [0.25, 0.3) is 0 Å². The molecule has 2 aromatic heterocycles. The molecule has 0 spiro atoms. The van der Waals surface area contributed by atoms with E-state index in [-0.39, 0.29) is 12.6 Å². The number of H-pyrrole nitrogens is 1. The number of hydrogen-bond donors (Lipinski definition) is 4. The van der Waals surface area contributed by atoms with E-state index in [9.17, 15) is 5.11 Å². The number of nitrogens with zero attached hydrogens (tertiary/aromatic N) is 2. The SMILES string of the molecule is CC(C)C(CO)NCc1c[nH]c2c(N)ncnc12. The predicted molar refractivity (Wildman–Crippen MR) is 70.9 cm³/mol. The summed E-state index contributed by atoms with van der Waals surface area (Å²) in [5, 5.41) is 12.6. The Labute approximate surface area is 106 Å². The van der Waals surface area contributed by atoms with Gasteiger partial charge in [-0.2, -0.15) is 0 Å². The Morgan fingerprint density at radius 2 is 2.22 bits per heavy atom. The first kappa shape index (κ1) is 12.8. The molecule has 2 aromatic rings. The first-order valence-corrected chi connectivity index (χ1v) is 6.04. The van der Waals surface area contributed by atoms with Crippen molar-refractivity contribution in [2.24, 2.45) is 5.92 Å². The quantitative estimate of drug-likeness (QED) is 0.623. The molecule has 6 heteroatoms. The largest absolute Gasteiger partial charge is 0.395 e. The smallest absolute Gasteiger partial charge is 0.151 e. The van der Waals surface area contributed by atoms with Crippen LogP contribution in [0.1, 0.15) is 19.4 Å². The van der Waals surface area contributed by atoms with E-state index in [0.29, 0.717) is 18.3 Å². The molecular formula is C12H19N5O. The number of fused-ring (bicyclic) bond motifs is 1. The molecule has 18 heavy (non-hydrogen) atoms.